The number of hydrogen-bond acceptors (Lipinski definition) is 3. The van der Waals surface area contributed by atoms with Crippen LogP contribution in [0.2, 0.25) is 0 Å². The lowest BCUT2D eigenvalue weighted by Crippen LogP contribution is -2.08. The predicted molar refractivity (Wildman–Crippen MR) is 62.1 cm³/mol. The number of carbonyl (C=O) groups is 1. The lowest BCUT2D eigenvalue weighted by Gasteiger charge is -2.12. The van der Waals surface area contributed by atoms with Gasteiger partial charge in [0.25, 0.3) is 0 Å². The Kier molecular flexibility index (Phi) is 4.50. The van der Waals surface area contributed by atoms with Crippen molar-refractivity contribution < 1.29 is 14.6 Å². The van der Waals surface area contributed by atoms with E-state index in [0.717, 1.165) is 11.1 Å². The van der Waals surface area contributed by atoms with Gasteiger partial charge in [-0.1, -0.05) is 38.1 Å². The maximum Gasteiger partial charge on any atom is 0.308 e. The van der Waals surface area contributed by atoms with Crippen molar-refractivity contribution in [2.45, 2.75) is 32.3 Å². The summed E-state index contributed by atoms with van der Waals surface area (Å²) in [5.74, 6) is 0.00715. The van der Waals surface area contributed by atoms with Crippen LogP contribution in [0, 0.1) is 0 Å². The number of aliphatic hydroxyl groups excluding tert-OH is 1. The second kappa shape index (κ2) is 5.66. The largest absolute Gasteiger partial charge is 0.469 e. The Hall–Kier alpha value is -1.35. The van der Waals surface area contributed by atoms with Gasteiger partial charge in [0.2, 0.25) is 0 Å². The maximum atomic E-state index is 11.0. The van der Waals surface area contributed by atoms with E-state index in [0.29, 0.717) is 5.92 Å². The summed E-state index contributed by atoms with van der Waals surface area (Å²) in [5.41, 5.74) is 1.91. The fourth-order valence-electron chi connectivity index (χ4n) is 1.48. The van der Waals surface area contributed by atoms with Crippen LogP contribution in [0.5, 0.6) is 0 Å². The van der Waals surface area contributed by atoms with Gasteiger partial charge in [0, 0.05) is 0 Å². The van der Waals surface area contributed by atoms with Crippen molar-refractivity contribution in [1.29, 1.82) is 0 Å². The molecule has 3 nitrogen and oxygen atoms in total. The second-order valence-electron chi connectivity index (χ2n) is 4.12. The minimum atomic E-state index is -0.786. The van der Waals surface area contributed by atoms with E-state index in [1.165, 1.54) is 7.11 Å². The Labute approximate surface area is 96.1 Å². The lowest BCUT2D eigenvalue weighted by molar-refractivity contribution is -0.142. The Morgan fingerprint density at radius 1 is 1.38 bits per heavy atom. The number of benzene rings is 1. The SMILES string of the molecule is COC(=O)C[C@@H](O)c1cccc(C(C)C)c1. The molecule has 1 rings (SSSR count). The molecule has 1 aromatic carbocycles. The summed E-state index contributed by atoms with van der Waals surface area (Å²) < 4.78 is 4.52. The monoisotopic (exact) mass is 222 g/mol. The summed E-state index contributed by atoms with van der Waals surface area (Å²) in [6, 6.07) is 7.65. The third-order valence-corrected chi connectivity index (χ3v) is 2.55. The second-order valence-corrected chi connectivity index (χ2v) is 4.12. The molecular formula is C13H18O3. The molecule has 1 aromatic rings. The average molecular weight is 222 g/mol. The van der Waals surface area contributed by atoms with E-state index in [1.54, 1.807) is 0 Å². The van der Waals surface area contributed by atoms with Gasteiger partial charge in [-0.05, 0) is 17.0 Å². The van der Waals surface area contributed by atoms with Gasteiger partial charge in [0.05, 0.1) is 19.6 Å². The van der Waals surface area contributed by atoms with Crippen LogP contribution in [0.3, 0.4) is 0 Å². The molecule has 1 N–H and O–H groups in total. The van der Waals surface area contributed by atoms with Crippen molar-refractivity contribution in [2.75, 3.05) is 7.11 Å². The quantitative estimate of drug-likeness (QED) is 0.796. The van der Waals surface area contributed by atoms with Crippen molar-refractivity contribution in [3.05, 3.63) is 35.4 Å². The number of esters is 1. The molecule has 0 heterocycles. The van der Waals surface area contributed by atoms with Crippen molar-refractivity contribution in [3.63, 3.8) is 0 Å². The van der Waals surface area contributed by atoms with Gasteiger partial charge in [-0.3, -0.25) is 4.79 Å². The van der Waals surface area contributed by atoms with Crippen molar-refractivity contribution in [2.24, 2.45) is 0 Å². The molecule has 88 valence electrons. The summed E-state index contributed by atoms with van der Waals surface area (Å²) >= 11 is 0. The first-order valence-electron chi connectivity index (χ1n) is 5.39. The van der Waals surface area contributed by atoms with Crippen LogP contribution in [0.15, 0.2) is 24.3 Å². The Bertz CT molecular complexity index is 358. The van der Waals surface area contributed by atoms with Crippen LogP contribution >= 0.6 is 0 Å². The summed E-state index contributed by atoms with van der Waals surface area (Å²) in [6.07, 6.45) is -0.788. The van der Waals surface area contributed by atoms with E-state index in [2.05, 4.69) is 18.6 Å². The van der Waals surface area contributed by atoms with E-state index in [4.69, 9.17) is 0 Å². The van der Waals surface area contributed by atoms with Gasteiger partial charge in [-0.15, -0.1) is 0 Å². The standard InChI is InChI=1S/C13H18O3/c1-9(2)10-5-4-6-11(7-10)12(14)8-13(15)16-3/h4-7,9,12,14H,8H2,1-3H3/t12-/m1/s1. The number of ether oxygens (including phenoxy) is 1. The molecular weight excluding hydrogens is 204 g/mol. The zero-order valence-electron chi connectivity index (χ0n) is 9.93. The van der Waals surface area contributed by atoms with Gasteiger partial charge < -0.3 is 9.84 Å². The molecule has 0 radical (unpaired) electrons. The fraction of sp³-hybridized carbons (Fsp3) is 0.462. The van der Waals surface area contributed by atoms with Gasteiger partial charge in [0.15, 0.2) is 0 Å². The molecule has 0 aliphatic heterocycles. The first kappa shape index (κ1) is 12.7. The predicted octanol–water partition coefficient (Wildman–Crippen LogP) is 2.41. The maximum absolute atomic E-state index is 11.0. The molecule has 0 bridgehead atoms. The Morgan fingerprint density at radius 2 is 2.00 bits per heavy atom. The van der Waals surface area contributed by atoms with Gasteiger partial charge in [0.1, 0.15) is 0 Å². The van der Waals surface area contributed by atoms with Gasteiger partial charge in [-0.2, -0.15) is 0 Å². The van der Waals surface area contributed by atoms with Crippen molar-refractivity contribution in [3.8, 4) is 0 Å². The third kappa shape index (κ3) is 3.35. The molecule has 0 saturated heterocycles. The molecule has 1 atom stereocenters. The van der Waals surface area contributed by atoms with Crippen molar-refractivity contribution >= 4 is 5.97 Å². The highest BCUT2D eigenvalue weighted by atomic mass is 16.5. The highest BCUT2D eigenvalue weighted by Gasteiger charge is 2.13. The highest BCUT2D eigenvalue weighted by molar-refractivity contribution is 5.70. The highest BCUT2D eigenvalue weighted by Crippen LogP contribution is 2.22. The van der Waals surface area contributed by atoms with Crippen LogP contribution in [-0.4, -0.2) is 18.2 Å². The summed E-state index contributed by atoms with van der Waals surface area (Å²) in [4.78, 5) is 11.0. The smallest absolute Gasteiger partial charge is 0.308 e. The first-order valence-corrected chi connectivity index (χ1v) is 5.39. The first-order chi connectivity index (χ1) is 7.54. The van der Waals surface area contributed by atoms with Gasteiger partial charge >= 0.3 is 5.97 Å². The van der Waals surface area contributed by atoms with E-state index in [1.807, 2.05) is 24.3 Å². The zero-order chi connectivity index (χ0) is 12.1. The van der Waals surface area contributed by atoms with Crippen LogP contribution in [-0.2, 0) is 9.53 Å². The van der Waals surface area contributed by atoms with E-state index in [9.17, 15) is 9.90 Å². The molecule has 16 heavy (non-hydrogen) atoms. The zero-order valence-corrected chi connectivity index (χ0v) is 9.93. The van der Waals surface area contributed by atoms with Crippen LogP contribution in [0.4, 0.5) is 0 Å². The van der Waals surface area contributed by atoms with Crippen LogP contribution in [0.25, 0.3) is 0 Å². The molecule has 0 unspecified atom stereocenters. The molecule has 0 aromatic heterocycles. The normalized spacial score (nSPS) is 12.6. The summed E-state index contributed by atoms with van der Waals surface area (Å²) in [7, 11) is 1.32. The van der Waals surface area contributed by atoms with E-state index < -0.39 is 12.1 Å². The lowest BCUT2D eigenvalue weighted by atomic mass is 9.98. The number of aliphatic hydroxyl groups is 1. The molecule has 3 heteroatoms. The molecule has 0 saturated carbocycles. The molecule has 0 aliphatic rings. The molecule has 0 fully saturated rings. The summed E-state index contributed by atoms with van der Waals surface area (Å²) in [5, 5.41) is 9.83. The minimum Gasteiger partial charge on any atom is -0.469 e. The number of methoxy groups -OCH3 is 1. The fourth-order valence-corrected chi connectivity index (χ4v) is 1.48. The van der Waals surface area contributed by atoms with Crippen LogP contribution < -0.4 is 0 Å². The topological polar surface area (TPSA) is 46.5 Å². The van der Waals surface area contributed by atoms with E-state index >= 15 is 0 Å². The van der Waals surface area contributed by atoms with Crippen molar-refractivity contribution in [1.82, 2.24) is 0 Å². The molecule has 0 spiro atoms. The van der Waals surface area contributed by atoms with Gasteiger partial charge in [-0.25, -0.2) is 0 Å². The Morgan fingerprint density at radius 3 is 2.56 bits per heavy atom. The molecule has 0 aliphatic carbocycles. The average Bonchev–Trinajstić information content (AvgIpc) is 2.28. The Balaban J connectivity index is 2.79. The third-order valence-electron chi connectivity index (χ3n) is 2.55. The number of hydrogen-bond donors (Lipinski definition) is 1. The van der Waals surface area contributed by atoms with Crippen LogP contribution in [0.1, 0.15) is 43.4 Å². The number of carbonyl (C=O) groups excluding carboxylic acids is 1. The molecule has 0 amide bonds. The summed E-state index contributed by atoms with van der Waals surface area (Å²) in [6.45, 7) is 4.18. The minimum absolute atomic E-state index is 0.00194. The van der Waals surface area contributed by atoms with E-state index in [-0.39, 0.29) is 6.42 Å². The number of rotatable bonds is 4.